The van der Waals surface area contributed by atoms with Crippen molar-refractivity contribution in [3.63, 3.8) is 0 Å². The summed E-state index contributed by atoms with van der Waals surface area (Å²) in [5.74, 6) is 0.0123. The average molecular weight is 290 g/mol. The number of nitrogens with zero attached hydrogens (tertiary/aromatic N) is 3. The molecule has 112 valence electrons. The number of imidazole rings is 1. The Morgan fingerprint density at radius 1 is 1.48 bits per heavy atom. The van der Waals surface area contributed by atoms with Crippen molar-refractivity contribution in [2.75, 3.05) is 5.73 Å². The molecule has 0 fully saturated rings. The van der Waals surface area contributed by atoms with Crippen LogP contribution in [0.2, 0.25) is 0 Å². The summed E-state index contributed by atoms with van der Waals surface area (Å²) in [6, 6.07) is 4.51. The van der Waals surface area contributed by atoms with E-state index in [9.17, 15) is 4.39 Å². The Hall–Kier alpha value is -2.21. The van der Waals surface area contributed by atoms with E-state index in [0.29, 0.717) is 12.6 Å². The Bertz CT molecular complexity index is 649. The molecule has 0 aliphatic heterocycles. The third-order valence-corrected chi connectivity index (χ3v) is 2.83. The molecule has 0 aliphatic carbocycles. The van der Waals surface area contributed by atoms with Gasteiger partial charge in [-0.25, -0.2) is 14.1 Å². The summed E-state index contributed by atoms with van der Waals surface area (Å²) in [5, 5.41) is 4.24. The van der Waals surface area contributed by atoms with Crippen molar-refractivity contribution in [1.82, 2.24) is 9.66 Å². The van der Waals surface area contributed by atoms with E-state index in [0.717, 1.165) is 16.8 Å². The first-order valence-corrected chi connectivity index (χ1v) is 6.71. The van der Waals surface area contributed by atoms with Crippen molar-refractivity contribution < 1.29 is 9.13 Å². The second-order valence-electron chi connectivity index (χ2n) is 5.03. The van der Waals surface area contributed by atoms with Crippen molar-refractivity contribution >= 4 is 12.2 Å². The number of aromatic nitrogens is 2. The molecule has 0 bridgehead atoms. The van der Waals surface area contributed by atoms with E-state index < -0.39 is 0 Å². The normalized spacial score (nSPS) is 11.7. The van der Waals surface area contributed by atoms with Gasteiger partial charge in [-0.3, -0.25) is 0 Å². The minimum Gasteiger partial charge on any atom is -0.374 e. The van der Waals surface area contributed by atoms with Crippen molar-refractivity contribution in [2.24, 2.45) is 5.10 Å². The van der Waals surface area contributed by atoms with Gasteiger partial charge in [0, 0.05) is 5.56 Å². The zero-order valence-electron chi connectivity index (χ0n) is 12.4. The first-order chi connectivity index (χ1) is 9.95. The van der Waals surface area contributed by atoms with E-state index in [1.807, 2.05) is 20.8 Å². The highest BCUT2D eigenvalue weighted by molar-refractivity contribution is 5.81. The largest absolute Gasteiger partial charge is 0.374 e. The lowest BCUT2D eigenvalue weighted by Gasteiger charge is -2.10. The fourth-order valence-corrected chi connectivity index (χ4v) is 1.80. The third kappa shape index (κ3) is 4.13. The van der Waals surface area contributed by atoms with Gasteiger partial charge in [-0.15, -0.1) is 0 Å². The molecule has 1 heterocycles. The highest BCUT2D eigenvalue weighted by Gasteiger charge is 2.05. The molecule has 0 aliphatic rings. The fraction of sp³-hybridized carbons (Fsp3) is 0.333. The number of ether oxygens (including phenoxy) is 1. The summed E-state index contributed by atoms with van der Waals surface area (Å²) in [6.45, 7) is 6.03. The van der Waals surface area contributed by atoms with Gasteiger partial charge < -0.3 is 10.5 Å². The number of aryl methyl sites for hydroxylation is 1. The number of hydrogen-bond acceptors (Lipinski definition) is 4. The summed E-state index contributed by atoms with van der Waals surface area (Å²) in [6.07, 6.45) is 3.42. The Kier molecular flexibility index (Phi) is 4.70. The van der Waals surface area contributed by atoms with Crippen LogP contribution in [0.4, 0.5) is 10.3 Å². The molecule has 0 saturated carbocycles. The molecule has 0 saturated heterocycles. The third-order valence-electron chi connectivity index (χ3n) is 2.83. The van der Waals surface area contributed by atoms with Gasteiger partial charge >= 0.3 is 0 Å². The summed E-state index contributed by atoms with van der Waals surface area (Å²) < 4.78 is 20.4. The number of nitrogens with two attached hydrogens (primary N) is 1. The van der Waals surface area contributed by atoms with Crippen molar-refractivity contribution in [2.45, 2.75) is 33.5 Å². The van der Waals surface area contributed by atoms with Crippen molar-refractivity contribution in [3.05, 3.63) is 47.0 Å². The minimum absolute atomic E-state index is 0.0741. The fourth-order valence-electron chi connectivity index (χ4n) is 1.80. The summed E-state index contributed by atoms with van der Waals surface area (Å²) in [5.41, 5.74) is 8.02. The second-order valence-corrected chi connectivity index (χ2v) is 5.03. The monoisotopic (exact) mass is 290 g/mol. The predicted molar refractivity (Wildman–Crippen MR) is 80.7 cm³/mol. The molecular weight excluding hydrogens is 271 g/mol. The molecule has 0 amide bonds. The van der Waals surface area contributed by atoms with Gasteiger partial charge in [-0.2, -0.15) is 5.10 Å². The zero-order valence-corrected chi connectivity index (χ0v) is 12.4. The van der Waals surface area contributed by atoms with Gasteiger partial charge in [0.05, 0.1) is 30.8 Å². The lowest BCUT2D eigenvalue weighted by molar-refractivity contribution is 0.0655. The first-order valence-electron chi connectivity index (χ1n) is 6.71. The van der Waals surface area contributed by atoms with Crippen LogP contribution in [0.15, 0.2) is 29.5 Å². The van der Waals surface area contributed by atoms with E-state index in [1.165, 1.54) is 16.8 Å². The number of nitrogen functional groups attached to an aromatic ring is 1. The van der Waals surface area contributed by atoms with Crippen LogP contribution in [0.25, 0.3) is 0 Å². The lowest BCUT2D eigenvalue weighted by Crippen LogP contribution is -2.05. The number of anilines is 1. The Morgan fingerprint density at radius 2 is 2.24 bits per heavy atom. The van der Waals surface area contributed by atoms with Crippen LogP contribution in [-0.2, 0) is 11.3 Å². The molecule has 6 heteroatoms. The quantitative estimate of drug-likeness (QED) is 0.861. The molecule has 2 rings (SSSR count). The Balaban J connectivity index is 2.24. The highest BCUT2D eigenvalue weighted by atomic mass is 19.1. The molecule has 5 nitrogen and oxygen atoms in total. The van der Waals surface area contributed by atoms with E-state index in [2.05, 4.69) is 10.1 Å². The van der Waals surface area contributed by atoms with Gasteiger partial charge in [0.25, 0.3) is 0 Å². The standard InChI is InChI=1S/C15H19FN4O/c1-10(2)21-9-13-6-14(16)5-4-12(13)7-18-20-8-11(3)19-15(20)17/h4-8,10H,9H2,1-3H3,(H2,17,19). The molecular formula is C15H19FN4O. The zero-order chi connectivity index (χ0) is 15.4. The number of hydrogen-bond donors (Lipinski definition) is 1. The van der Waals surface area contributed by atoms with E-state index >= 15 is 0 Å². The number of halogens is 1. The number of benzene rings is 1. The van der Waals surface area contributed by atoms with Crippen LogP contribution >= 0.6 is 0 Å². The lowest BCUT2D eigenvalue weighted by atomic mass is 10.1. The molecule has 1 aromatic heterocycles. The summed E-state index contributed by atoms with van der Waals surface area (Å²) >= 11 is 0. The van der Waals surface area contributed by atoms with Gasteiger partial charge in [-0.05, 0) is 38.5 Å². The maximum atomic E-state index is 13.4. The topological polar surface area (TPSA) is 65.4 Å². The average Bonchev–Trinajstić information content (AvgIpc) is 2.73. The summed E-state index contributed by atoms with van der Waals surface area (Å²) in [4.78, 5) is 4.06. The predicted octanol–water partition coefficient (Wildman–Crippen LogP) is 2.72. The molecule has 0 radical (unpaired) electrons. The van der Waals surface area contributed by atoms with Crippen LogP contribution in [0, 0.1) is 12.7 Å². The molecule has 0 unspecified atom stereocenters. The van der Waals surface area contributed by atoms with E-state index in [-0.39, 0.29) is 11.9 Å². The Labute approximate surface area is 123 Å². The van der Waals surface area contributed by atoms with Gasteiger partial charge in [0.1, 0.15) is 5.82 Å². The maximum Gasteiger partial charge on any atom is 0.221 e. The molecule has 21 heavy (non-hydrogen) atoms. The van der Waals surface area contributed by atoms with Gasteiger partial charge in [0.2, 0.25) is 5.95 Å². The summed E-state index contributed by atoms with van der Waals surface area (Å²) in [7, 11) is 0. The van der Waals surface area contributed by atoms with Crippen molar-refractivity contribution in [1.29, 1.82) is 0 Å². The molecule has 0 spiro atoms. The first kappa shape index (κ1) is 15.2. The van der Waals surface area contributed by atoms with Gasteiger partial charge in [0.15, 0.2) is 0 Å². The van der Waals surface area contributed by atoms with E-state index in [4.69, 9.17) is 10.5 Å². The molecule has 2 N–H and O–H groups in total. The smallest absolute Gasteiger partial charge is 0.221 e. The Morgan fingerprint density at radius 3 is 2.86 bits per heavy atom. The van der Waals surface area contributed by atoms with Crippen LogP contribution in [-0.4, -0.2) is 22.0 Å². The van der Waals surface area contributed by atoms with Crippen LogP contribution in [0.3, 0.4) is 0 Å². The number of rotatable bonds is 5. The SMILES string of the molecule is Cc1cn(N=Cc2ccc(F)cc2COC(C)C)c(N)n1. The second kappa shape index (κ2) is 6.49. The van der Waals surface area contributed by atoms with Crippen LogP contribution in [0.5, 0.6) is 0 Å². The minimum atomic E-state index is -0.299. The van der Waals surface area contributed by atoms with Gasteiger partial charge in [-0.1, -0.05) is 6.07 Å². The molecule has 0 atom stereocenters. The maximum absolute atomic E-state index is 13.4. The highest BCUT2D eigenvalue weighted by Crippen LogP contribution is 2.13. The molecule has 2 aromatic rings. The van der Waals surface area contributed by atoms with Crippen LogP contribution in [0.1, 0.15) is 30.7 Å². The van der Waals surface area contributed by atoms with E-state index in [1.54, 1.807) is 18.5 Å². The van der Waals surface area contributed by atoms with Crippen molar-refractivity contribution in [3.8, 4) is 0 Å². The van der Waals surface area contributed by atoms with Crippen LogP contribution < -0.4 is 5.73 Å². The molecule has 1 aromatic carbocycles.